The predicted molar refractivity (Wildman–Crippen MR) is 229 cm³/mol. The van der Waals surface area contributed by atoms with Crippen LogP contribution in [0.1, 0.15) is 46.0 Å². The van der Waals surface area contributed by atoms with Crippen LogP contribution >= 0.6 is 0 Å². The third-order valence-electron chi connectivity index (χ3n) is 13.0. The Morgan fingerprint density at radius 3 is 0.835 bits per heavy atom. The first-order chi connectivity index (χ1) is 37.3. The van der Waals surface area contributed by atoms with E-state index < -0.39 is 242 Å². The number of aromatic amines is 2. The number of nitrogens with one attached hydrogen (secondary N) is 2. The standard InChI is InChI=1S/C50H18F20N4O5/c1-77-49(75)47-23-24(48(79-47)50(76)78-2)46-18(22-31(57)39(65)44(70)40(66)32(22)58)14-8-6-12(73-14)16(20-27(53)35(61)42(68)36(62)28(20)54)10-4-3-9(71-10)15(19-25(51)33(59)41(67)34(60)26(19)52)11-5-7-13(72-11)17(45(23)74-46)21-29(55)37(63)43(69)38(64)30(21)56/h3-8,23-24,47-48,71,74H,1-2H3. The highest BCUT2D eigenvalue weighted by atomic mass is 19.2. The minimum absolute atomic E-state index is 0.477. The first kappa shape index (κ1) is 53.6. The maximum absolute atomic E-state index is 16.5. The van der Waals surface area contributed by atoms with Crippen molar-refractivity contribution in [3.8, 4) is 44.5 Å². The Balaban J connectivity index is 1.57. The molecule has 4 aliphatic rings. The van der Waals surface area contributed by atoms with E-state index in [0.29, 0.717) is 50.7 Å². The van der Waals surface area contributed by atoms with Gasteiger partial charge in [0.25, 0.3) is 0 Å². The molecule has 1 saturated heterocycles. The molecule has 8 bridgehead atoms. The van der Waals surface area contributed by atoms with Crippen molar-refractivity contribution in [2.24, 2.45) is 0 Å². The molecular weight excluding hydrogens is 1120 g/mol. The molecule has 0 radical (unpaired) electrons. The third kappa shape index (κ3) is 7.65. The van der Waals surface area contributed by atoms with E-state index in [4.69, 9.17) is 14.2 Å². The van der Waals surface area contributed by atoms with Crippen molar-refractivity contribution in [1.29, 1.82) is 0 Å². The third-order valence-corrected chi connectivity index (χ3v) is 13.0. The van der Waals surface area contributed by atoms with Gasteiger partial charge < -0.3 is 24.2 Å². The van der Waals surface area contributed by atoms with Crippen molar-refractivity contribution in [2.75, 3.05) is 14.2 Å². The monoisotopic (exact) mass is 1130 g/mol. The zero-order chi connectivity index (χ0) is 57.4. The second-order valence-corrected chi connectivity index (χ2v) is 17.0. The number of rotatable bonds is 6. The number of hydrogen-bond donors (Lipinski definition) is 2. The van der Waals surface area contributed by atoms with Crippen molar-refractivity contribution in [1.82, 2.24) is 19.9 Å². The van der Waals surface area contributed by atoms with Gasteiger partial charge in [0.1, 0.15) is 0 Å². The summed E-state index contributed by atoms with van der Waals surface area (Å²) in [5, 5.41) is 0. The maximum atomic E-state index is 16.5. The van der Waals surface area contributed by atoms with Crippen molar-refractivity contribution < 1.29 is 112 Å². The Labute approximate surface area is 423 Å². The number of methoxy groups -OCH3 is 2. The molecule has 4 unspecified atom stereocenters. The van der Waals surface area contributed by atoms with Gasteiger partial charge in [-0.2, -0.15) is 0 Å². The number of carbonyl (C=O) groups excluding carboxylic acids is 2. The summed E-state index contributed by atoms with van der Waals surface area (Å²) >= 11 is 0. The van der Waals surface area contributed by atoms with Gasteiger partial charge in [-0.1, -0.05) is 0 Å². The SMILES string of the molecule is COC(=O)C1OC(C(=O)OC)C2c3[nH]c(c(-c4c(F)c(F)c(F)c(F)c4F)c4nc(c(-c5c(F)c(F)c(F)c(F)c5F)c5ccc([nH]5)c(-c5c(F)c(F)c(F)c(F)c5F)c5nc(c3-c3c(F)c(F)c(F)c(F)c3F)C=C5)C=C4)C12. The molecule has 6 aromatic rings. The van der Waals surface area contributed by atoms with Crippen molar-refractivity contribution in [2.45, 2.75) is 24.0 Å². The predicted octanol–water partition coefficient (Wildman–Crippen LogP) is 12.8. The summed E-state index contributed by atoms with van der Waals surface area (Å²) in [6.45, 7) is 0. The van der Waals surface area contributed by atoms with Gasteiger partial charge in [0, 0.05) is 56.5 Å². The zero-order valence-corrected chi connectivity index (χ0v) is 38.3. The molecule has 4 atom stereocenters. The first-order valence-corrected chi connectivity index (χ1v) is 21.7. The topological polar surface area (TPSA) is 119 Å². The van der Waals surface area contributed by atoms with Crippen LogP contribution in [0.25, 0.3) is 79.8 Å². The molecule has 4 aliphatic heterocycles. The van der Waals surface area contributed by atoms with Gasteiger partial charge >= 0.3 is 11.9 Å². The average molecular weight is 1130 g/mol. The summed E-state index contributed by atoms with van der Waals surface area (Å²) in [5.41, 5.74) is -23.5. The van der Waals surface area contributed by atoms with Crippen molar-refractivity contribution >= 4 is 47.3 Å². The average Bonchev–Trinajstić information content (AvgIpc) is 3.56. The first-order valence-electron chi connectivity index (χ1n) is 21.7. The Hall–Kier alpha value is -8.76. The highest BCUT2D eigenvalue weighted by Gasteiger charge is 2.58. The fraction of sp³-hybridized carbons (Fsp3) is 0.120. The lowest BCUT2D eigenvalue weighted by Gasteiger charge is -2.20. The van der Waals surface area contributed by atoms with Crippen LogP contribution in [0.5, 0.6) is 0 Å². The summed E-state index contributed by atoms with van der Waals surface area (Å²) in [4.78, 5) is 40.0. The molecule has 0 spiro atoms. The molecule has 79 heavy (non-hydrogen) atoms. The molecule has 1 fully saturated rings. The molecule has 4 aromatic carbocycles. The van der Waals surface area contributed by atoms with Crippen LogP contribution in [-0.2, 0) is 23.8 Å². The van der Waals surface area contributed by atoms with Crippen molar-refractivity contribution in [3.63, 3.8) is 0 Å². The summed E-state index contributed by atoms with van der Waals surface area (Å²) in [6, 6.07) is 1.13. The summed E-state index contributed by atoms with van der Waals surface area (Å²) < 4.78 is 328. The van der Waals surface area contributed by atoms with Crippen LogP contribution in [0.3, 0.4) is 0 Å². The van der Waals surface area contributed by atoms with E-state index in [1.54, 1.807) is 0 Å². The van der Waals surface area contributed by atoms with Crippen LogP contribution in [0, 0.1) is 116 Å². The van der Waals surface area contributed by atoms with E-state index in [1.807, 2.05) is 0 Å². The molecule has 9 nitrogen and oxygen atoms in total. The quantitative estimate of drug-likeness (QED) is 0.0737. The zero-order valence-electron chi connectivity index (χ0n) is 38.3. The molecule has 6 heterocycles. The minimum atomic E-state index is -2.84. The van der Waals surface area contributed by atoms with E-state index in [-0.39, 0.29) is 0 Å². The largest absolute Gasteiger partial charge is 0.467 e. The molecule has 2 aromatic heterocycles. The second-order valence-electron chi connectivity index (χ2n) is 17.0. The number of hydrogen-bond acceptors (Lipinski definition) is 7. The van der Waals surface area contributed by atoms with Gasteiger partial charge in [-0.25, -0.2) is 107 Å². The summed E-state index contributed by atoms with van der Waals surface area (Å²) in [7, 11) is 1.28. The Morgan fingerprint density at radius 1 is 0.354 bits per heavy atom. The lowest BCUT2D eigenvalue weighted by atomic mass is 9.80. The molecular formula is C50H18F20N4O5. The van der Waals surface area contributed by atoms with E-state index in [0.717, 1.165) is 0 Å². The number of halogens is 20. The number of ether oxygens (including phenoxy) is 3. The molecule has 29 heteroatoms. The van der Waals surface area contributed by atoms with Crippen LogP contribution in [0.4, 0.5) is 87.8 Å². The number of H-pyrrole nitrogens is 2. The Kier molecular flexibility index (Phi) is 12.9. The van der Waals surface area contributed by atoms with Gasteiger partial charge in [-0.3, -0.25) is 0 Å². The fourth-order valence-electron chi connectivity index (χ4n) is 9.64. The number of aromatic nitrogens is 4. The lowest BCUT2D eigenvalue weighted by molar-refractivity contribution is -0.162. The number of benzene rings is 4. The fourth-order valence-corrected chi connectivity index (χ4v) is 9.64. The van der Waals surface area contributed by atoms with Crippen LogP contribution in [0.15, 0.2) is 12.1 Å². The van der Waals surface area contributed by atoms with Gasteiger partial charge in [-0.15, -0.1) is 0 Å². The Bertz CT molecular complexity index is 3710. The van der Waals surface area contributed by atoms with Gasteiger partial charge in [-0.05, 0) is 36.4 Å². The molecule has 0 amide bonds. The highest BCUT2D eigenvalue weighted by molar-refractivity contribution is 5.98. The Morgan fingerprint density at radius 2 is 0.582 bits per heavy atom. The van der Waals surface area contributed by atoms with Crippen molar-refractivity contribution in [3.05, 3.63) is 163 Å². The minimum Gasteiger partial charge on any atom is -0.467 e. The van der Waals surface area contributed by atoms with Crippen LogP contribution in [0.2, 0.25) is 0 Å². The maximum Gasteiger partial charge on any atom is 0.335 e. The normalized spacial score (nSPS) is 16.9. The van der Waals surface area contributed by atoms with E-state index in [1.165, 1.54) is 0 Å². The number of fused-ring (bicyclic) bond motifs is 11. The molecule has 0 aliphatic carbocycles. The molecule has 2 N–H and O–H groups in total. The van der Waals surface area contributed by atoms with Crippen LogP contribution in [-0.4, -0.2) is 58.3 Å². The van der Waals surface area contributed by atoms with Crippen LogP contribution < -0.4 is 0 Å². The van der Waals surface area contributed by atoms with Gasteiger partial charge in [0.05, 0.1) is 59.2 Å². The van der Waals surface area contributed by atoms with Gasteiger partial charge in [0.2, 0.25) is 23.3 Å². The number of nitrogens with zero attached hydrogens (tertiary/aromatic N) is 2. The van der Waals surface area contributed by atoms with E-state index in [2.05, 4.69) is 19.9 Å². The molecule has 10 rings (SSSR count). The number of esters is 2. The summed E-state index contributed by atoms with van der Waals surface area (Å²) in [5.74, 6) is -63.2. The molecule has 0 saturated carbocycles. The van der Waals surface area contributed by atoms with Gasteiger partial charge in [0.15, 0.2) is 105 Å². The molecule has 408 valence electrons. The second kappa shape index (κ2) is 19.0. The smallest absolute Gasteiger partial charge is 0.335 e. The summed E-state index contributed by atoms with van der Waals surface area (Å²) in [6.07, 6.45) is -3.06. The lowest BCUT2D eigenvalue weighted by Crippen LogP contribution is -2.30. The highest BCUT2D eigenvalue weighted by Crippen LogP contribution is 2.56. The van der Waals surface area contributed by atoms with E-state index >= 15 is 70.2 Å². The van der Waals surface area contributed by atoms with E-state index in [9.17, 15) is 27.2 Å². The number of carbonyl (C=O) groups is 2.